The molecule has 1 aromatic heterocycles. The van der Waals surface area contributed by atoms with Gasteiger partial charge in [-0.25, -0.2) is 9.48 Å². The molecule has 0 aromatic carbocycles. The molecule has 1 fully saturated rings. The van der Waals surface area contributed by atoms with E-state index < -0.39 is 47.8 Å². The molecule has 1 saturated heterocycles. The van der Waals surface area contributed by atoms with E-state index in [-0.39, 0.29) is 12.4 Å². The topological polar surface area (TPSA) is 114 Å². The fourth-order valence-corrected chi connectivity index (χ4v) is 2.70. The maximum Gasteiger partial charge on any atom is 0.404 e. The largest absolute Gasteiger partial charge is 0.465 e. The minimum atomic E-state index is -4.54. The maximum atomic E-state index is 13.1. The summed E-state index contributed by atoms with van der Waals surface area (Å²) in [6.07, 6.45) is -5.45. The molecule has 128 valence electrons. The number of rotatable bonds is 3. The van der Waals surface area contributed by atoms with Crippen LogP contribution in [0.2, 0.25) is 0 Å². The number of nitrogens with one attached hydrogen (secondary N) is 1. The van der Waals surface area contributed by atoms with E-state index >= 15 is 0 Å². The molecule has 1 aromatic rings. The predicted octanol–water partition coefficient (Wildman–Crippen LogP) is 1.35. The van der Waals surface area contributed by atoms with Crippen molar-refractivity contribution in [3.05, 3.63) is 16.3 Å². The first-order valence-corrected chi connectivity index (χ1v) is 6.57. The average molecular weight is 337 g/mol. The van der Waals surface area contributed by atoms with E-state index in [4.69, 9.17) is 5.11 Å². The highest BCUT2D eigenvalue weighted by atomic mass is 19.4. The number of carbonyl (C=O) groups is 1. The van der Waals surface area contributed by atoms with Crippen LogP contribution in [-0.4, -0.2) is 51.2 Å². The number of amides is 1. The Hall–Kier alpha value is -2.53. The van der Waals surface area contributed by atoms with E-state index in [0.29, 0.717) is 0 Å². The molecule has 2 rings (SSSR count). The van der Waals surface area contributed by atoms with Crippen molar-refractivity contribution in [2.24, 2.45) is 13.0 Å². The molecule has 2 heterocycles. The Labute approximate surface area is 127 Å². The van der Waals surface area contributed by atoms with Crippen LogP contribution in [0, 0.1) is 16.0 Å². The van der Waals surface area contributed by atoms with E-state index in [1.807, 2.05) is 5.32 Å². The molecule has 0 aliphatic carbocycles. The summed E-state index contributed by atoms with van der Waals surface area (Å²) in [5, 5.41) is 25.5. The molecule has 23 heavy (non-hydrogen) atoms. The second-order valence-corrected chi connectivity index (χ2v) is 5.26. The normalized spacial score (nSPS) is 22.0. The predicted molar refractivity (Wildman–Crippen MR) is 71.2 cm³/mol. The molecule has 1 aliphatic heterocycles. The molecular weight excluding hydrogens is 323 g/mol. The van der Waals surface area contributed by atoms with Crippen LogP contribution in [0.15, 0.2) is 6.20 Å². The zero-order valence-corrected chi connectivity index (χ0v) is 11.9. The van der Waals surface area contributed by atoms with Crippen LogP contribution >= 0.6 is 0 Å². The second kappa shape index (κ2) is 5.93. The highest BCUT2D eigenvalue weighted by Gasteiger charge is 2.46. The van der Waals surface area contributed by atoms with Crippen molar-refractivity contribution in [3.63, 3.8) is 0 Å². The quantitative estimate of drug-likeness (QED) is 0.636. The minimum Gasteiger partial charge on any atom is -0.465 e. The van der Waals surface area contributed by atoms with Crippen molar-refractivity contribution in [2.75, 3.05) is 18.0 Å². The summed E-state index contributed by atoms with van der Waals surface area (Å²) in [7, 11) is 1.37. The molecule has 0 bridgehead atoms. The van der Waals surface area contributed by atoms with Crippen LogP contribution in [0.4, 0.5) is 29.5 Å². The zero-order chi connectivity index (χ0) is 17.4. The maximum absolute atomic E-state index is 13.1. The van der Waals surface area contributed by atoms with Gasteiger partial charge in [0.25, 0.3) is 0 Å². The lowest BCUT2D eigenvalue weighted by molar-refractivity contribution is -0.384. The summed E-state index contributed by atoms with van der Waals surface area (Å²) >= 11 is 0. The van der Waals surface area contributed by atoms with Gasteiger partial charge in [-0.05, 0) is 6.42 Å². The number of alkyl halides is 3. The lowest BCUT2D eigenvalue weighted by atomic mass is 9.93. The van der Waals surface area contributed by atoms with Gasteiger partial charge in [0.15, 0.2) is 0 Å². The Morgan fingerprint density at radius 3 is 2.70 bits per heavy atom. The third-order valence-electron chi connectivity index (χ3n) is 3.63. The molecule has 9 nitrogen and oxygen atoms in total. The molecule has 0 saturated carbocycles. The van der Waals surface area contributed by atoms with Gasteiger partial charge < -0.3 is 15.3 Å². The van der Waals surface area contributed by atoms with Gasteiger partial charge in [-0.1, -0.05) is 0 Å². The average Bonchev–Trinajstić information content (AvgIpc) is 2.78. The molecule has 0 unspecified atom stereocenters. The Balaban J connectivity index is 2.35. The highest BCUT2D eigenvalue weighted by molar-refractivity contribution is 5.65. The smallest absolute Gasteiger partial charge is 0.404 e. The summed E-state index contributed by atoms with van der Waals surface area (Å²) in [6, 6.07) is -0.998. The van der Waals surface area contributed by atoms with Gasteiger partial charge in [0.05, 0.1) is 16.9 Å². The van der Waals surface area contributed by atoms with Gasteiger partial charge in [0.2, 0.25) is 5.82 Å². The summed E-state index contributed by atoms with van der Waals surface area (Å²) in [5.74, 6) is -1.89. The number of aryl methyl sites for hydroxylation is 1. The standard InChI is InChI=1S/C11H14F3N5O4/c1-17-9(8(3-15-17)19(22)23)18-4-6(11(12,13)14)2-7(5-18)16-10(20)21/h3,6-7,16H,2,4-5H2,1H3,(H,20,21)/t6-,7+/m1/s1. The summed E-state index contributed by atoms with van der Waals surface area (Å²) in [6.45, 7) is -0.610. The molecule has 2 atom stereocenters. The van der Waals surface area contributed by atoms with E-state index in [1.54, 1.807) is 0 Å². The van der Waals surface area contributed by atoms with Crippen molar-refractivity contribution in [1.29, 1.82) is 0 Å². The van der Waals surface area contributed by atoms with Gasteiger partial charge in [-0.2, -0.15) is 18.3 Å². The molecule has 1 amide bonds. The first-order chi connectivity index (χ1) is 10.6. The van der Waals surface area contributed by atoms with Crippen molar-refractivity contribution >= 4 is 17.6 Å². The minimum absolute atomic E-state index is 0.0823. The second-order valence-electron chi connectivity index (χ2n) is 5.26. The van der Waals surface area contributed by atoms with E-state index in [2.05, 4.69) is 5.10 Å². The number of hydrogen-bond acceptors (Lipinski definition) is 5. The summed E-state index contributed by atoms with van der Waals surface area (Å²) in [5.41, 5.74) is -0.426. The monoisotopic (exact) mass is 337 g/mol. The third-order valence-corrected chi connectivity index (χ3v) is 3.63. The van der Waals surface area contributed by atoms with Gasteiger partial charge in [0.1, 0.15) is 6.20 Å². The number of aromatic nitrogens is 2. The molecule has 2 N–H and O–H groups in total. The van der Waals surface area contributed by atoms with Gasteiger partial charge in [0, 0.05) is 20.1 Å². The van der Waals surface area contributed by atoms with Crippen molar-refractivity contribution in [1.82, 2.24) is 15.1 Å². The lowest BCUT2D eigenvalue weighted by Crippen LogP contribution is -2.54. The number of piperidine rings is 1. The van der Waals surface area contributed by atoms with Crippen LogP contribution in [0.3, 0.4) is 0 Å². The van der Waals surface area contributed by atoms with Crippen LogP contribution in [0.25, 0.3) is 0 Å². The molecule has 0 spiro atoms. The zero-order valence-electron chi connectivity index (χ0n) is 11.9. The van der Waals surface area contributed by atoms with Crippen LogP contribution < -0.4 is 10.2 Å². The summed E-state index contributed by atoms with van der Waals surface area (Å²) in [4.78, 5) is 22.1. The SMILES string of the molecule is Cn1ncc([N+](=O)[O-])c1N1C[C@@H](NC(=O)O)C[C@@H](C(F)(F)F)C1. The molecule has 12 heteroatoms. The van der Waals surface area contributed by atoms with Gasteiger partial charge >= 0.3 is 18.0 Å². The number of hydrogen-bond donors (Lipinski definition) is 2. The van der Waals surface area contributed by atoms with E-state index in [0.717, 1.165) is 15.8 Å². The fraction of sp³-hybridized carbons (Fsp3) is 0.636. The number of halogens is 3. The number of anilines is 1. The van der Waals surface area contributed by atoms with Crippen molar-refractivity contribution < 1.29 is 28.0 Å². The first-order valence-electron chi connectivity index (χ1n) is 6.57. The van der Waals surface area contributed by atoms with Gasteiger partial charge in [-0.3, -0.25) is 10.1 Å². The highest BCUT2D eigenvalue weighted by Crippen LogP contribution is 2.37. The number of carboxylic acid groups (broad SMARTS) is 1. The van der Waals surface area contributed by atoms with Gasteiger partial charge in [-0.15, -0.1) is 0 Å². The fourth-order valence-electron chi connectivity index (χ4n) is 2.70. The van der Waals surface area contributed by atoms with Crippen LogP contribution in [0.1, 0.15) is 6.42 Å². The number of nitrogens with zero attached hydrogens (tertiary/aromatic N) is 4. The Morgan fingerprint density at radius 2 is 2.17 bits per heavy atom. The first kappa shape index (κ1) is 16.8. The van der Waals surface area contributed by atoms with Crippen molar-refractivity contribution in [3.8, 4) is 0 Å². The van der Waals surface area contributed by atoms with Crippen LogP contribution in [-0.2, 0) is 7.05 Å². The Kier molecular flexibility index (Phi) is 4.34. The Bertz CT molecular complexity index is 617. The molecule has 1 aliphatic rings. The lowest BCUT2D eigenvalue weighted by Gasteiger charge is -2.38. The van der Waals surface area contributed by atoms with Crippen LogP contribution in [0.5, 0.6) is 0 Å². The summed E-state index contributed by atoms with van der Waals surface area (Å²) < 4.78 is 40.3. The third kappa shape index (κ3) is 3.63. The number of nitro groups is 1. The van der Waals surface area contributed by atoms with Crippen molar-refractivity contribution in [2.45, 2.75) is 18.6 Å². The van der Waals surface area contributed by atoms with E-state index in [1.165, 1.54) is 7.05 Å². The van der Waals surface area contributed by atoms with E-state index in [9.17, 15) is 28.1 Å². The molecular formula is C11H14F3N5O4. The Morgan fingerprint density at radius 1 is 1.52 bits per heavy atom. The molecule has 0 radical (unpaired) electrons.